The van der Waals surface area contributed by atoms with Crippen molar-refractivity contribution in [1.82, 2.24) is 0 Å². The summed E-state index contributed by atoms with van der Waals surface area (Å²) in [5.41, 5.74) is 8.08. The first-order chi connectivity index (χ1) is 7.66. The van der Waals surface area contributed by atoms with Crippen molar-refractivity contribution in [2.75, 3.05) is 13.2 Å². The molecular weight excluding hydrogens is 202 g/mol. The lowest BCUT2D eigenvalue weighted by Gasteiger charge is -2.27. The van der Waals surface area contributed by atoms with Crippen molar-refractivity contribution < 1.29 is 9.47 Å². The highest BCUT2D eigenvalue weighted by Crippen LogP contribution is 2.24. The van der Waals surface area contributed by atoms with E-state index >= 15 is 0 Å². The van der Waals surface area contributed by atoms with Gasteiger partial charge >= 0.3 is 0 Å². The molecule has 0 radical (unpaired) electrons. The van der Waals surface area contributed by atoms with Gasteiger partial charge in [0.2, 0.25) is 0 Å². The zero-order chi connectivity index (χ0) is 11.5. The molecule has 16 heavy (non-hydrogen) atoms. The third-order valence-corrected chi connectivity index (χ3v) is 2.80. The molecule has 3 heteroatoms. The van der Waals surface area contributed by atoms with Crippen molar-refractivity contribution >= 4 is 0 Å². The van der Waals surface area contributed by atoms with Crippen LogP contribution in [0.5, 0.6) is 0 Å². The zero-order valence-electron chi connectivity index (χ0n) is 9.85. The van der Waals surface area contributed by atoms with Gasteiger partial charge in [0.05, 0.1) is 19.3 Å². The topological polar surface area (TPSA) is 44.5 Å². The van der Waals surface area contributed by atoms with Crippen molar-refractivity contribution in [1.29, 1.82) is 0 Å². The molecule has 1 heterocycles. The minimum absolute atomic E-state index is 0.00573. The van der Waals surface area contributed by atoms with E-state index in [0.29, 0.717) is 19.1 Å². The predicted molar refractivity (Wildman–Crippen MR) is 63.2 cm³/mol. The van der Waals surface area contributed by atoms with Gasteiger partial charge in [-0.2, -0.15) is 0 Å². The summed E-state index contributed by atoms with van der Waals surface area (Å²) < 4.78 is 11.1. The molecule has 1 fully saturated rings. The molecule has 1 aromatic rings. The number of nitrogens with two attached hydrogens (primary N) is 1. The molecule has 2 rings (SSSR count). The van der Waals surface area contributed by atoms with E-state index in [9.17, 15) is 0 Å². The molecule has 88 valence electrons. The average molecular weight is 221 g/mol. The normalized spacial score (nSPS) is 26.0. The van der Waals surface area contributed by atoms with Gasteiger partial charge in [-0.15, -0.1) is 0 Å². The molecule has 1 aromatic carbocycles. The van der Waals surface area contributed by atoms with Crippen molar-refractivity contribution in [3.8, 4) is 0 Å². The van der Waals surface area contributed by atoms with Gasteiger partial charge in [-0.05, 0) is 11.5 Å². The van der Waals surface area contributed by atoms with Crippen LogP contribution in [0.4, 0.5) is 0 Å². The second-order valence-electron chi connectivity index (χ2n) is 4.58. The summed E-state index contributed by atoms with van der Waals surface area (Å²) in [6.07, 6.45) is -0.249. The molecular formula is C13H19NO2. The van der Waals surface area contributed by atoms with Crippen LogP contribution in [0.15, 0.2) is 24.3 Å². The third kappa shape index (κ3) is 2.61. The molecule has 0 atom stereocenters. The largest absolute Gasteiger partial charge is 0.347 e. The Morgan fingerprint density at radius 3 is 2.19 bits per heavy atom. The molecule has 1 saturated heterocycles. The fourth-order valence-electron chi connectivity index (χ4n) is 1.75. The third-order valence-electron chi connectivity index (χ3n) is 2.80. The van der Waals surface area contributed by atoms with E-state index < -0.39 is 0 Å². The van der Waals surface area contributed by atoms with Crippen molar-refractivity contribution in [2.45, 2.75) is 32.1 Å². The van der Waals surface area contributed by atoms with Gasteiger partial charge in [0.1, 0.15) is 0 Å². The molecule has 0 unspecified atom stereocenters. The summed E-state index contributed by atoms with van der Waals surface area (Å²) in [6, 6.07) is 8.39. The van der Waals surface area contributed by atoms with E-state index in [4.69, 9.17) is 15.2 Å². The molecule has 2 N–H and O–H groups in total. The molecule has 0 aromatic heterocycles. The molecule has 0 saturated carbocycles. The molecule has 0 aliphatic carbocycles. The highest BCUT2D eigenvalue weighted by atomic mass is 16.7. The Morgan fingerprint density at radius 2 is 1.69 bits per heavy atom. The second-order valence-corrected chi connectivity index (χ2v) is 4.58. The maximum atomic E-state index is 5.69. The molecule has 0 bridgehead atoms. The Morgan fingerprint density at radius 1 is 1.12 bits per heavy atom. The van der Waals surface area contributed by atoms with E-state index in [1.54, 1.807) is 0 Å². The lowest BCUT2D eigenvalue weighted by molar-refractivity contribution is -0.189. The van der Waals surface area contributed by atoms with E-state index in [1.807, 2.05) is 0 Å². The Bertz CT molecular complexity index is 326. The summed E-state index contributed by atoms with van der Waals surface area (Å²) in [7, 11) is 0. The minimum Gasteiger partial charge on any atom is -0.347 e. The molecule has 1 aliphatic heterocycles. The van der Waals surface area contributed by atoms with Crippen molar-refractivity contribution in [3.63, 3.8) is 0 Å². The second kappa shape index (κ2) is 4.95. The number of rotatable bonds is 2. The summed E-state index contributed by atoms with van der Waals surface area (Å²) in [5, 5.41) is 0. The van der Waals surface area contributed by atoms with Crippen LogP contribution in [-0.2, 0) is 9.47 Å². The Balaban J connectivity index is 2.04. The SMILES string of the molecule is CC(C)c1ccc(C2OCC(N)CO2)cc1. The smallest absolute Gasteiger partial charge is 0.183 e. The number of benzene rings is 1. The highest BCUT2D eigenvalue weighted by molar-refractivity contribution is 5.25. The number of ether oxygens (including phenoxy) is 2. The monoisotopic (exact) mass is 221 g/mol. The van der Waals surface area contributed by atoms with Crippen LogP contribution in [0.3, 0.4) is 0 Å². The van der Waals surface area contributed by atoms with Crippen molar-refractivity contribution in [3.05, 3.63) is 35.4 Å². The first-order valence-corrected chi connectivity index (χ1v) is 5.75. The van der Waals surface area contributed by atoms with Crippen LogP contribution in [0.2, 0.25) is 0 Å². The maximum Gasteiger partial charge on any atom is 0.183 e. The fraction of sp³-hybridized carbons (Fsp3) is 0.538. The first-order valence-electron chi connectivity index (χ1n) is 5.75. The van der Waals surface area contributed by atoms with Gasteiger partial charge in [0.25, 0.3) is 0 Å². The van der Waals surface area contributed by atoms with E-state index in [1.165, 1.54) is 5.56 Å². The van der Waals surface area contributed by atoms with Gasteiger partial charge in [-0.3, -0.25) is 0 Å². The minimum atomic E-state index is -0.249. The number of hydrogen-bond acceptors (Lipinski definition) is 3. The van der Waals surface area contributed by atoms with E-state index in [2.05, 4.69) is 38.1 Å². The van der Waals surface area contributed by atoms with Gasteiger partial charge in [-0.25, -0.2) is 0 Å². The average Bonchev–Trinajstić information content (AvgIpc) is 2.30. The van der Waals surface area contributed by atoms with Gasteiger partial charge < -0.3 is 15.2 Å². The van der Waals surface area contributed by atoms with Gasteiger partial charge in [0.15, 0.2) is 6.29 Å². The Hall–Kier alpha value is -0.900. The van der Waals surface area contributed by atoms with Crippen LogP contribution in [0, 0.1) is 0 Å². The quantitative estimate of drug-likeness (QED) is 0.832. The van der Waals surface area contributed by atoms with Crippen LogP contribution in [-0.4, -0.2) is 19.3 Å². The Labute approximate surface area is 96.5 Å². The summed E-state index contributed by atoms with van der Waals surface area (Å²) in [5.74, 6) is 0.552. The molecule has 1 aliphatic rings. The Kier molecular flexibility index (Phi) is 3.59. The lowest BCUT2D eigenvalue weighted by Crippen LogP contribution is -2.37. The van der Waals surface area contributed by atoms with Crippen LogP contribution < -0.4 is 5.73 Å². The van der Waals surface area contributed by atoms with Crippen molar-refractivity contribution in [2.24, 2.45) is 5.73 Å². The summed E-state index contributed by atoms with van der Waals surface area (Å²) in [4.78, 5) is 0. The predicted octanol–water partition coefficient (Wildman–Crippen LogP) is 2.18. The maximum absolute atomic E-state index is 5.69. The summed E-state index contributed by atoms with van der Waals surface area (Å²) >= 11 is 0. The van der Waals surface area contributed by atoms with Crippen LogP contribution in [0.1, 0.15) is 37.2 Å². The van der Waals surface area contributed by atoms with E-state index in [-0.39, 0.29) is 12.3 Å². The fourth-order valence-corrected chi connectivity index (χ4v) is 1.75. The summed E-state index contributed by atoms with van der Waals surface area (Å²) in [6.45, 7) is 5.50. The molecule has 0 amide bonds. The lowest BCUT2D eigenvalue weighted by atomic mass is 10.0. The number of hydrogen-bond donors (Lipinski definition) is 1. The van der Waals surface area contributed by atoms with Crippen LogP contribution in [0.25, 0.3) is 0 Å². The highest BCUT2D eigenvalue weighted by Gasteiger charge is 2.20. The van der Waals surface area contributed by atoms with Crippen LogP contribution >= 0.6 is 0 Å². The van der Waals surface area contributed by atoms with Gasteiger partial charge in [0, 0.05) is 5.56 Å². The zero-order valence-corrected chi connectivity index (χ0v) is 9.85. The van der Waals surface area contributed by atoms with E-state index in [0.717, 1.165) is 5.56 Å². The standard InChI is InChI=1S/C13H19NO2/c1-9(2)10-3-5-11(6-4-10)13-15-7-12(14)8-16-13/h3-6,9,12-13H,7-8,14H2,1-2H3. The first kappa shape index (κ1) is 11.6. The molecule has 3 nitrogen and oxygen atoms in total. The van der Waals surface area contributed by atoms with Gasteiger partial charge in [-0.1, -0.05) is 38.1 Å². The molecule has 0 spiro atoms.